The summed E-state index contributed by atoms with van der Waals surface area (Å²) in [5.74, 6) is 0. The maximum atomic E-state index is 11.1. The zero-order chi connectivity index (χ0) is 24.5. The summed E-state index contributed by atoms with van der Waals surface area (Å²) >= 11 is 0. The summed E-state index contributed by atoms with van der Waals surface area (Å²) in [7, 11) is 3.49. The first-order valence-electron chi connectivity index (χ1n) is 11.8. The van der Waals surface area contributed by atoms with E-state index in [1.54, 1.807) is 14.0 Å². The van der Waals surface area contributed by atoms with E-state index in [-0.39, 0.29) is 24.8 Å². The fourth-order valence-electron chi connectivity index (χ4n) is 5.04. The minimum absolute atomic E-state index is 0.0620. The molecule has 3 aliphatic rings. The fourth-order valence-corrected chi connectivity index (χ4v) is 5.04. The highest BCUT2D eigenvalue weighted by molar-refractivity contribution is 5.02. The summed E-state index contributed by atoms with van der Waals surface area (Å²) in [5.41, 5.74) is 17.5. The predicted molar refractivity (Wildman–Crippen MR) is 120 cm³/mol. The molecule has 1 aliphatic carbocycles. The number of nitrogens with one attached hydrogen (secondary N) is 2. The van der Waals surface area contributed by atoms with Gasteiger partial charge in [-0.2, -0.15) is 0 Å². The van der Waals surface area contributed by atoms with Gasteiger partial charge < -0.3 is 62.1 Å². The van der Waals surface area contributed by atoms with Gasteiger partial charge >= 0.3 is 0 Å². The minimum atomic E-state index is -1.29. The standard InChI is InChI=1S/C21H43N5O7/c1-9(25-3)13-6-5-10(22)19(31-13)32-16-11(23)7-12(24)17(14(16)27)33-20-15(28)18(26-4)21(2,29)8-30-20/h9-20,25-29H,5-8,22-24H2,1-4H3/t9?,10-,11+,12-,13+,14-,15+,16-,17+,18-,19-,20-,21+/m1/s1. The summed E-state index contributed by atoms with van der Waals surface area (Å²) in [5, 5.41) is 38.3. The predicted octanol–water partition coefficient (Wildman–Crippen LogP) is -3.33. The molecule has 0 aromatic heterocycles. The molecule has 2 heterocycles. The van der Waals surface area contributed by atoms with Gasteiger partial charge in [-0.1, -0.05) is 0 Å². The molecular weight excluding hydrogens is 434 g/mol. The largest absolute Gasteiger partial charge is 0.388 e. The van der Waals surface area contributed by atoms with Crippen molar-refractivity contribution >= 4 is 0 Å². The second-order valence-electron chi connectivity index (χ2n) is 9.91. The van der Waals surface area contributed by atoms with E-state index in [9.17, 15) is 15.3 Å². The van der Waals surface area contributed by atoms with Crippen molar-refractivity contribution in [2.45, 2.75) is 112 Å². The molecule has 3 rings (SSSR count). The normalized spacial score (nSPS) is 50.2. The topological polar surface area (TPSA) is 200 Å². The van der Waals surface area contributed by atoms with Crippen molar-refractivity contribution < 1.29 is 34.3 Å². The summed E-state index contributed by atoms with van der Waals surface area (Å²) in [6, 6.07) is -2.11. The van der Waals surface area contributed by atoms with Crippen LogP contribution in [0.15, 0.2) is 0 Å². The van der Waals surface area contributed by atoms with E-state index in [0.29, 0.717) is 12.8 Å². The zero-order valence-corrected chi connectivity index (χ0v) is 20.0. The molecule has 12 heteroatoms. The van der Waals surface area contributed by atoms with Gasteiger partial charge in [-0.05, 0) is 47.2 Å². The molecule has 0 radical (unpaired) electrons. The summed E-state index contributed by atoms with van der Waals surface area (Å²) in [4.78, 5) is 0. The summed E-state index contributed by atoms with van der Waals surface area (Å²) in [6.45, 7) is 3.52. The number of nitrogens with two attached hydrogens (primary N) is 3. The number of aliphatic hydroxyl groups excluding tert-OH is 2. The highest BCUT2D eigenvalue weighted by atomic mass is 16.7. The van der Waals surface area contributed by atoms with Crippen LogP contribution in [0.5, 0.6) is 0 Å². The lowest BCUT2D eigenvalue weighted by Crippen LogP contribution is -2.68. The Morgan fingerprint density at radius 3 is 2.15 bits per heavy atom. The molecule has 1 unspecified atom stereocenters. The number of ether oxygens (including phenoxy) is 4. The second kappa shape index (κ2) is 11.1. The number of aliphatic hydroxyl groups is 3. The fraction of sp³-hybridized carbons (Fsp3) is 1.00. The molecule has 33 heavy (non-hydrogen) atoms. The average molecular weight is 478 g/mol. The molecule has 0 bridgehead atoms. The first kappa shape index (κ1) is 27.1. The van der Waals surface area contributed by atoms with Crippen molar-refractivity contribution in [3.63, 3.8) is 0 Å². The molecule has 11 N–H and O–H groups in total. The Labute approximate surface area is 195 Å². The van der Waals surface area contributed by atoms with Gasteiger partial charge in [0, 0.05) is 18.1 Å². The van der Waals surface area contributed by atoms with Crippen LogP contribution in [0.3, 0.4) is 0 Å². The van der Waals surface area contributed by atoms with Gasteiger partial charge in [0.2, 0.25) is 0 Å². The second-order valence-corrected chi connectivity index (χ2v) is 9.91. The molecule has 0 amide bonds. The van der Waals surface area contributed by atoms with Gasteiger partial charge in [-0.15, -0.1) is 0 Å². The van der Waals surface area contributed by atoms with E-state index >= 15 is 0 Å². The lowest BCUT2D eigenvalue weighted by Gasteiger charge is -2.48. The van der Waals surface area contributed by atoms with Crippen LogP contribution in [-0.2, 0) is 18.9 Å². The Morgan fingerprint density at radius 2 is 1.58 bits per heavy atom. The third kappa shape index (κ3) is 5.85. The van der Waals surface area contributed by atoms with Crippen molar-refractivity contribution in [2.75, 3.05) is 20.7 Å². The highest BCUT2D eigenvalue weighted by Gasteiger charge is 2.50. The van der Waals surface area contributed by atoms with Crippen LogP contribution in [0.2, 0.25) is 0 Å². The van der Waals surface area contributed by atoms with Crippen LogP contribution in [0.25, 0.3) is 0 Å². The molecule has 13 atom stereocenters. The SMILES string of the molecule is CNC(C)[C@@H]1CC[C@@H](N)[C@@H](O[C@H]2[C@@H](O)[C@@H](O[C@H]3OC[C@](C)(O)[C@H](NC)[C@@H]3O)[C@H](N)C[C@@H]2N)O1. The number of rotatable bonds is 7. The summed E-state index contributed by atoms with van der Waals surface area (Å²) in [6.07, 6.45) is -4.22. The van der Waals surface area contributed by atoms with Crippen LogP contribution in [0.1, 0.15) is 33.1 Å². The van der Waals surface area contributed by atoms with Gasteiger partial charge in [-0.25, -0.2) is 0 Å². The summed E-state index contributed by atoms with van der Waals surface area (Å²) < 4.78 is 23.7. The monoisotopic (exact) mass is 477 g/mol. The highest BCUT2D eigenvalue weighted by Crippen LogP contribution is 2.31. The molecule has 194 valence electrons. The molecule has 2 saturated heterocycles. The zero-order valence-electron chi connectivity index (χ0n) is 20.0. The lowest BCUT2D eigenvalue weighted by atomic mass is 9.84. The first-order valence-corrected chi connectivity index (χ1v) is 11.8. The Bertz CT molecular complexity index is 632. The third-order valence-corrected chi connectivity index (χ3v) is 7.24. The van der Waals surface area contributed by atoms with Gasteiger partial charge in [0.05, 0.1) is 24.8 Å². The van der Waals surface area contributed by atoms with Crippen molar-refractivity contribution in [3.8, 4) is 0 Å². The minimum Gasteiger partial charge on any atom is -0.388 e. The molecular formula is C21H43N5O7. The average Bonchev–Trinajstić information content (AvgIpc) is 2.76. The van der Waals surface area contributed by atoms with Gasteiger partial charge in [0.15, 0.2) is 12.6 Å². The molecule has 2 aliphatic heterocycles. The smallest absolute Gasteiger partial charge is 0.185 e. The molecule has 1 saturated carbocycles. The molecule has 0 spiro atoms. The molecule has 0 aromatic rings. The van der Waals surface area contributed by atoms with Crippen LogP contribution in [0.4, 0.5) is 0 Å². The van der Waals surface area contributed by atoms with E-state index < -0.39 is 60.7 Å². The quantitative estimate of drug-likeness (QED) is 0.182. The van der Waals surface area contributed by atoms with Crippen LogP contribution in [0, 0.1) is 0 Å². The molecule has 3 fully saturated rings. The van der Waals surface area contributed by atoms with Crippen LogP contribution in [-0.4, -0.2) is 115 Å². The number of hydrogen-bond donors (Lipinski definition) is 8. The van der Waals surface area contributed by atoms with Crippen LogP contribution < -0.4 is 27.8 Å². The first-order chi connectivity index (χ1) is 15.5. The van der Waals surface area contributed by atoms with Crippen molar-refractivity contribution in [2.24, 2.45) is 17.2 Å². The van der Waals surface area contributed by atoms with E-state index in [1.165, 1.54) is 0 Å². The maximum absolute atomic E-state index is 11.1. The van der Waals surface area contributed by atoms with Crippen LogP contribution >= 0.6 is 0 Å². The Morgan fingerprint density at radius 1 is 0.970 bits per heavy atom. The van der Waals surface area contributed by atoms with Gasteiger partial charge in [0.1, 0.15) is 30.0 Å². The Hall–Kier alpha value is -0.480. The molecule has 0 aromatic carbocycles. The van der Waals surface area contributed by atoms with Gasteiger partial charge in [0.25, 0.3) is 0 Å². The number of hydrogen-bond acceptors (Lipinski definition) is 12. The Balaban J connectivity index is 1.68. The van der Waals surface area contributed by atoms with E-state index in [1.807, 2.05) is 14.0 Å². The number of likely N-dealkylation sites (N-methyl/N-ethyl adjacent to an activating group) is 2. The van der Waals surface area contributed by atoms with E-state index in [0.717, 1.165) is 6.42 Å². The van der Waals surface area contributed by atoms with E-state index in [2.05, 4.69) is 10.6 Å². The maximum Gasteiger partial charge on any atom is 0.185 e. The molecule has 12 nitrogen and oxygen atoms in total. The van der Waals surface area contributed by atoms with Crippen molar-refractivity contribution in [1.82, 2.24) is 10.6 Å². The van der Waals surface area contributed by atoms with Gasteiger partial charge in [-0.3, -0.25) is 0 Å². The third-order valence-electron chi connectivity index (χ3n) is 7.24. The lowest BCUT2D eigenvalue weighted by molar-refractivity contribution is -0.307. The van der Waals surface area contributed by atoms with Crippen molar-refractivity contribution in [1.29, 1.82) is 0 Å². The van der Waals surface area contributed by atoms with Crippen molar-refractivity contribution in [3.05, 3.63) is 0 Å². The Kier molecular flexibility index (Phi) is 9.09. The van der Waals surface area contributed by atoms with E-state index in [4.69, 9.17) is 36.1 Å².